The SMILES string of the molecule is COc1cc(CN2CCN(c3ccccc3)CC2)cc(OC)c1OC. The molecule has 134 valence electrons. The van der Waals surface area contributed by atoms with Gasteiger partial charge in [0.15, 0.2) is 11.5 Å². The number of rotatable bonds is 6. The first kappa shape index (κ1) is 17.4. The summed E-state index contributed by atoms with van der Waals surface area (Å²) in [5.41, 5.74) is 2.47. The van der Waals surface area contributed by atoms with Gasteiger partial charge >= 0.3 is 0 Å². The smallest absolute Gasteiger partial charge is 0.203 e. The third-order valence-electron chi connectivity index (χ3n) is 4.62. The van der Waals surface area contributed by atoms with Crippen LogP contribution in [0.15, 0.2) is 42.5 Å². The summed E-state index contributed by atoms with van der Waals surface area (Å²) in [5, 5.41) is 0. The monoisotopic (exact) mass is 342 g/mol. The van der Waals surface area contributed by atoms with E-state index in [1.807, 2.05) is 12.1 Å². The van der Waals surface area contributed by atoms with E-state index in [1.165, 1.54) is 11.3 Å². The molecule has 0 atom stereocenters. The van der Waals surface area contributed by atoms with Crippen molar-refractivity contribution in [2.45, 2.75) is 6.54 Å². The first-order chi connectivity index (χ1) is 12.2. The molecule has 0 amide bonds. The van der Waals surface area contributed by atoms with Crippen LogP contribution in [0.1, 0.15) is 5.56 Å². The van der Waals surface area contributed by atoms with Gasteiger partial charge in [-0.25, -0.2) is 0 Å². The Hall–Kier alpha value is -2.40. The lowest BCUT2D eigenvalue weighted by atomic mass is 10.1. The average Bonchev–Trinajstić information content (AvgIpc) is 2.68. The molecule has 0 radical (unpaired) electrons. The van der Waals surface area contributed by atoms with Gasteiger partial charge in [0.2, 0.25) is 5.75 Å². The van der Waals surface area contributed by atoms with Crippen LogP contribution in [0.4, 0.5) is 5.69 Å². The van der Waals surface area contributed by atoms with Gasteiger partial charge in [-0.15, -0.1) is 0 Å². The summed E-state index contributed by atoms with van der Waals surface area (Å²) < 4.78 is 16.3. The number of ether oxygens (including phenoxy) is 3. The van der Waals surface area contributed by atoms with Crippen LogP contribution in [0.2, 0.25) is 0 Å². The number of hydrogen-bond acceptors (Lipinski definition) is 5. The van der Waals surface area contributed by atoms with Crippen LogP contribution in [-0.4, -0.2) is 52.4 Å². The molecule has 1 heterocycles. The molecule has 1 fully saturated rings. The Bertz CT molecular complexity index is 658. The molecule has 3 rings (SSSR count). The quantitative estimate of drug-likeness (QED) is 0.806. The Labute approximate surface area is 149 Å². The van der Waals surface area contributed by atoms with E-state index in [-0.39, 0.29) is 0 Å². The fraction of sp³-hybridized carbons (Fsp3) is 0.400. The zero-order chi connectivity index (χ0) is 17.6. The van der Waals surface area contributed by atoms with E-state index in [4.69, 9.17) is 14.2 Å². The van der Waals surface area contributed by atoms with Crippen LogP contribution < -0.4 is 19.1 Å². The first-order valence-corrected chi connectivity index (χ1v) is 8.56. The van der Waals surface area contributed by atoms with E-state index in [9.17, 15) is 0 Å². The lowest BCUT2D eigenvalue weighted by Crippen LogP contribution is -2.45. The maximum atomic E-state index is 5.45. The van der Waals surface area contributed by atoms with Crippen LogP contribution in [0.5, 0.6) is 17.2 Å². The van der Waals surface area contributed by atoms with Gasteiger partial charge in [0.05, 0.1) is 21.3 Å². The third kappa shape index (κ3) is 3.99. The summed E-state index contributed by atoms with van der Waals surface area (Å²) >= 11 is 0. The molecule has 0 aromatic heterocycles. The molecule has 1 aliphatic heterocycles. The molecule has 2 aromatic carbocycles. The van der Waals surface area contributed by atoms with Gasteiger partial charge in [-0.3, -0.25) is 4.90 Å². The standard InChI is InChI=1S/C20H26N2O3/c1-23-18-13-16(14-19(24-2)20(18)25-3)15-21-9-11-22(12-10-21)17-7-5-4-6-8-17/h4-8,13-14H,9-12,15H2,1-3H3. The van der Waals surface area contributed by atoms with E-state index in [0.717, 1.165) is 32.7 Å². The predicted molar refractivity (Wildman–Crippen MR) is 100 cm³/mol. The van der Waals surface area contributed by atoms with Crippen LogP contribution in [0.25, 0.3) is 0 Å². The van der Waals surface area contributed by atoms with E-state index in [1.54, 1.807) is 21.3 Å². The molecule has 25 heavy (non-hydrogen) atoms. The minimum absolute atomic E-state index is 0.641. The van der Waals surface area contributed by atoms with Crippen molar-refractivity contribution in [1.29, 1.82) is 0 Å². The predicted octanol–water partition coefficient (Wildman–Crippen LogP) is 3.03. The Balaban J connectivity index is 1.66. The lowest BCUT2D eigenvalue weighted by molar-refractivity contribution is 0.248. The second-order valence-electron chi connectivity index (χ2n) is 6.13. The Morgan fingerprint density at radius 3 is 1.92 bits per heavy atom. The van der Waals surface area contributed by atoms with Gasteiger partial charge in [-0.2, -0.15) is 0 Å². The van der Waals surface area contributed by atoms with Crippen molar-refractivity contribution in [3.05, 3.63) is 48.0 Å². The number of piperazine rings is 1. The van der Waals surface area contributed by atoms with Gasteiger partial charge in [0, 0.05) is 38.4 Å². The molecular weight excluding hydrogens is 316 g/mol. The van der Waals surface area contributed by atoms with Crippen molar-refractivity contribution in [3.63, 3.8) is 0 Å². The summed E-state index contributed by atoms with van der Waals surface area (Å²) in [6.45, 7) is 5.01. The van der Waals surface area contributed by atoms with Crippen LogP contribution in [-0.2, 0) is 6.54 Å². The maximum absolute atomic E-state index is 5.45. The highest BCUT2D eigenvalue weighted by Crippen LogP contribution is 2.38. The number of para-hydroxylation sites is 1. The second-order valence-corrected chi connectivity index (χ2v) is 6.13. The molecule has 0 N–H and O–H groups in total. The number of hydrogen-bond donors (Lipinski definition) is 0. The fourth-order valence-electron chi connectivity index (χ4n) is 3.29. The zero-order valence-corrected chi connectivity index (χ0v) is 15.2. The lowest BCUT2D eigenvalue weighted by Gasteiger charge is -2.36. The normalized spacial score (nSPS) is 15.1. The van der Waals surface area contributed by atoms with Crippen LogP contribution in [0, 0.1) is 0 Å². The highest BCUT2D eigenvalue weighted by molar-refractivity contribution is 5.54. The Morgan fingerprint density at radius 1 is 0.800 bits per heavy atom. The molecule has 5 heteroatoms. The molecule has 1 saturated heterocycles. The van der Waals surface area contributed by atoms with Gasteiger partial charge in [0.25, 0.3) is 0 Å². The van der Waals surface area contributed by atoms with E-state index in [2.05, 4.69) is 40.1 Å². The van der Waals surface area contributed by atoms with E-state index in [0.29, 0.717) is 17.2 Å². The molecular formula is C20H26N2O3. The van der Waals surface area contributed by atoms with Crippen LogP contribution >= 0.6 is 0 Å². The molecule has 0 unspecified atom stereocenters. The molecule has 1 aliphatic rings. The zero-order valence-electron chi connectivity index (χ0n) is 15.2. The number of anilines is 1. The van der Waals surface area contributed by atoms with Crippen molar-refractivity contribution in [1.82, 2.24) is 4.90 Å². The highest BCUT2D eigenvalue weighted by Gasteiger charge is 2.19. The summed E-state index contributed by atoms with van der Waals surface area (Å²) in [6.07, 6.45) is 0. The van der Waals surface area contributed by atoms with Crippen molar-refractivity contribution in [2.75, 3.05) is 52.4 Å². The van der Waals surface area contributed by atoms with Crippen molar-refractivity contribution >= 4 is 5.69 Å². The topological polar surface area (TPSA) is 34.2 Å². The fourth-order valence-corrected chi connectivity index (χ4v) is 3.29. The van der Waals surface area contributed by atoms with Crippen LogP contribution in [0.3, 0.4) is 0 Å². The summed E-state index contributed by atoms with van der Waals surface area (Å²) in [7, 11) is 4.93. The minimum atomic E-state index is 0.641. The van der Waals surface area contributed by atoms with Crippen molar-refractivity contribution < 1.29 is 14.2 Å². The molecule has 0 bridgehead atoms. The summed E-state index contributed by atoms with van der Waals surface area (Å²) in [5.74, 6) is 2.06. The number of methoxy groups -OCH3 is 3. The average molecular weight is 342 g/mol. The Kier molecular flexibility index (Phi) is 5.66. The summed E-state index contributed by atoms with van der Waals surface area (Å²) in [4.78, 5) is 4.89. The molecule has 0 aliphatic carbocycles. The second kappa shape index (κ2) is 8.12. The summed E-state index contributed by atoms with van der Waals surface area (Å²) in [6, 6.07) is 14.7. The molecule has 5 nitrogen and oxygen atoms in total. The molecule has 0 spiro atoms. The minimum Gasteiger partial charge on any atom is -0.493 e. The van der Waals surface area contributed by atoms with Gasteiger partial charge < -0.3 is 19.1 Å². The van der Waals surface area contributed by atoms with E-state index < -0.39 is 0 Å². The number of benzene rings is 2. The maximum Gasteiger partial charge on any atom is 0.203 e. The van der Waals surface area contributed by atoms with Crippen molar-refractivity contribution in [2.24, 2.45) is 0 Å². The molecule has 2 aromatic rings. The van der Waals surface area contributed by atoms with Gasteiger partial charge in [-0.1, -0.05) is 18.2 Å². The third-order valence-corrected chi connectivity index (χ3v) is 4.62. The molecule has 0 saturated carbocycles. The largest absolute Gasteiger partial charge is 0.493 e. The van der Waals surface area contributed by atoms with Crippen molar-refractivity contribution in [3.8, 4) is 17.2 Å². The Morgan fingerprint density at radius 2 is 1.40 bits per heavy atom. The first-order valence-electron chi connectivity index (χ1n) is 8.56. The number of nitrogens with zero attached hydrogens (tertiary/aromatic N) is 2. The van der Waals surface area contributed by atoms with Gasteiger partial charge in [-0.05, 0) is 29.8 Å². The van der Waals surface area contributed by atoms with E-state index >= 15 is 0 Å². The highest BCUT2D eigenvalue weighted by atomic mass is 16.5. The van der Waals surface area contributed by atoms with Gasteiger partial charge in [0.1, 0.15) is 0 Å².